The fourth-order valence-corrected chi connectivity index (χ4v) is 1.83. The van der Waals surface area contributed by atoms with E-state index in [9.17, 15) is 0 Å². The largest absolute Gasteiger partial charge is 0.493 e. The number of hydrogen-bond acceptors (Lipinski definition) is 3. The molecule has 0 amide bonds. The van der Waals surface area contributed by atoms with E-state index >= 15 is 0 Å². The Hall–Kier alpha value is -1.22. The van der Waals surface area contributed by atoms with Gasteiger partial charge in [-0.1, -0.05) is 18.9 Å². The van der Waals surface area contributed by atoms with Gasteiger partial charge in [-0.05, 0) is 51.1 Å². The Bertz CT molecular complexity index is 339. The van der Waals surface area contributed by atoms with Gasteiger partial charge >= 0.3 is 0 Å². The van der Waals surface area contributed by atoms with E-state index in [-0.39, 0.29) is 0 Å². The topological polar surface area (TPSA) is 30.5 Å². The Morgan fingerprint density at radius 1 is 1.06 bits per heavy atom. The van der Waals surface area contributed by atoms with Crippen LogP contribution < -0.4 is 14.8 Å². The van der Waals surface area contributed by atoms with Crippen molar-refractivity contribution in [3.63, 3.8) is 0 Å². The number of benzene rings is 1. The molecule has 0 atom stereocenters. The van der Waals surface area contributed by atoms with Crippen LogP contribution in [0.3, 0.4) is 0 Å². The predicted octanol–water partition coefficient (Wildman–Crippen LogP) is 3.16. The predicted molar refractivity (Wildman–Crippen MR) is 75.6 cm³/mol. The quantitative estimate of drug-likeness (QED) is 0.684. The first-order valence-electron chi connectivity index (χ1n) is 6.70. The monoisotopic (exact) mass is 251 g/mol. The van der Waals surface area contributed by atoms with Crippen molar-refractivity contribution in [1.82, 2.24) is 5.32 Å². The van der Waals surface area contributed by atoms with Gasteiger partial charge < -0.3 is 14.8 Å². The minimum atomic E-state index is 0.763. The van der Waals surface area contributed by atoms with Gasteiger partial charge in [0.15, 0.2) is 11.5 Å². The van der Waals surface area contributed by atoms with Crippen molar-refractivity contribution >= 4 is 0 Å². The maximum atomic E-state index is 5.75. The summed E-state index contributed by atoms with van der Waals surface area (Å²) >= 11 is 0. The van der Waals surface area contributed by atoms with Crippen LogP contribution in [0, 0.1) is 6.92 Å². The maximum Gasteiger partial charge on any atom is 0.161 e. The zero-order chi connectivity index (χ0) is 13.2. The Balaban J connectivity index is 2.22. The third-order valence-electron chi connectivity index (χ3n) is 2.90. The van der Waals surface area contributed by atoms with Gasteiger partial charge in [0.1, 0.15) is 0 Å². The molecule has 1 aromatic rings. The third kappa shape index (κ3) is 5.41. The Morgan fingerprint density at radius 2 is 1.83 bits per heavy atom. The van der Waals surface area contributed by atoms with Crippen LogP contribution in [0.4, 0.5) is 0 Å². The minimum absolute atomic E-state index is 0.763. The summed E-state index contributed by atoms with van der Waals surface area (Å²) in [5.41, 5.74) is 1.19. The van der Waals surface area contributed by atoms with Gasteiger partial charge in [-0.2, -0.15) is 0 Å². The molecule has 0 saturated carbocycles. The second kappa shape index (κ2) is 8.81. The lowest BCUT2D eigenvalue weighted by molar-refractivity contribution is 0.284. The second-order valence-corrected chi connectivity index (χ2v) is 4.52. The van der Waals surface area contributed by atoms with Crippen LogP contribution in [0.1, 0.15) is 31.2 Å². The summed E-state index contributed by atoms with van der Waals surface area (Å²) in [6.45, 7) is 3.92. The lowest BCUT2D eigenvalue weighted by atomic mass is 10.2. The van der Waals surface area contributed by atoms with Gasteiger partial charge in [0.2, 0.25) is 0 Å². The fraction of sp³-hybridized carbons (Fsp3) is 0.600. The smallest absolute Gasteiger partial charge is 0.161 e. The van der Waals surface area contributed by atoms with E-state index in [1.165, 1.54) is 24.8 Å². The molecule has 1 rings (SSSR count). The number of rotatable bonds is 9. The van der Waals surface area contributed by atoms with Crippen LogP contribution in [0.15, 0.2) is 18.2 Å². The first kappa shape index (κ1) is 14.8. The first-order valence-corrected chi connectivity index (χ1v) is 6.70. The Kier molecular flexibility index (Phi) is 7.26. The van der Waals surface area contributed by atoms with Crippen LogP contribution >= 0.6 is 0 Å². The molecule has 0 radical (unpaired) electrons. The zero-order valence-electron chi connectivity index (χ0n) is 11.8. The molecule has 1 aromatic carbocycles. The second-order valence-electron chi connectivity index (χ2n) is 4.52. The highest BCUT2D eigenvalue weighted by Gasteiger charge is 2.03. The minimum Gasteiger partial charge on any atom is -0.493 e. The molecule has 0 unspecified atom stereocenters. The molecule has 102 valence electrons. The van der Waals surface area contributed by atoms with Crippen molar-refractivity contribution in [2.45, 2.75) is 32.6 Å². The average molecular weight is 251 g/mol. The molecule has 0 heterocycles. The number of hydrogen-bond donors (Lipinski definition) is 1. The number of ether oxygens (including phenoxy) is 2. The van der Waals surface area contributed by atoms with E-state index in [4.69, 9.17) is 9.47 Å². The normalized spacial score (nSPS) is 10.4. The molecule has 0 aliphatic carbocycles. The van der Waals surface area contributed by atoms with Crippen molar-refractivity contribution in [2.24, 2.45) is 0 Å². The highest BCUT2D eigenvalue weighted by Crippen LogP contribution is 2.27. The highest BCUT2D eigenvalue weighted by atomic mass is 16.5. The molecule has 0 fully saturated rings. The maximum absolute atomic E-state index is 5.75. The molecule has 0 aliphatic rings. The molecule has 0 spiro atoms. The zero-order valence-corrected chi connectivity index (χ0v) is 11.8. The van der Waals surface area contributed by atoms with Crippen LogP contribution in [0.2, 0.25) is 0 Å². The lowest BCUT2D eigenvalue weighted by Crippen LogP contribution is -2.07. The summed E-state index contributed by atoms with van der Waals surface area (Å²) in [7, 11) is 3.67. The summed E-state index contributed by atoms with van der Waals surface area (Å²) in [5, 5.41) is 3.16. The lowest BCUT2D eigenvalue weighted by Gasteiger charge is -2.11. The van der Waals surface area contributed by atoms with Crippen molar-refractivity contribution < 1.29 is 9.47 Å². The molecular formula is C15H25NO2. The molecular weight excluding hydrogens is 226 g/mol. The van der Waals surface area contributed by atoms with E-state index < -0.39 is 0 Å². The van der Waals surface area contributed by atoms with Crippen LogP contribution in [0.5, 0.6) is 11.5 Å². The Labute approximate surface area is 110 Å². The highest BCUT2D eigenvalue weighted by molar-refractivity contribution is 5.42. The van der Waals surface area contributed by atoms with Gasteiger partial charge in [0, 0.05) is 0 Å². The van der Waals surface area contributed by atoms with Gasteiger partial charge in [-0.3, -0.25) is 0 Å². The molecule has 0 aliphatic heterocycles. The molecule has 3 heteroatoms. The van der Waals surface area contributed by atoms with E-state index in [0.29, 0.717) is 0 Å². The SMILES string of the molecule is CNCCCCCCOc1ccc(C)cc1OC. The number of unbranched alkanes of at least 4 members (excludes halogenated alkanes) is 3. The summed E-state index contributed by atoms with van der Waals surface area (Å²) in [6.07, 6.45) is 4.82. The van der Waals surface area contributed by atoms with E-state index in [2.05, 4.69) is 5.32 Å². The number of nitrogens with one attached hydrogen (secondary N) is 1. The van der Waals surface area contributed by atoms with Crippen LogP contribution in [-0.2, 0) is 0 Å². The van der Waals surface area contributed by atoms with Crippen molar-refractivity contribution in [1.29, 1.82) is 0 Å². The summed E-state index contributed by atoms with van der Waals surface area (Å²) in [5.74, 6) is 1.67. The van der Waals surface area contributed by atoms with E-state index in [0.717, 1.165) is 31.1 Å². The average Bonchev–Trinajstić information content (AvgIpc) is 2.39. The first-order chi connectivity index (χ1) is 8.77. The Morgan fingerprint density at radius 3 is 2.56 bits per heavy atom. The standard InChI is InChI=1S/C15H25NO2/c1-13-8-9-14(15(12-13)17-3)18-11-7-5-4-6-10-16-2/h8-9,12,16H,4-7,10-11H2,1-3H3. The van der Waals surface area contributed by atoms with Crippen molar-refractivity contribution in [3.8, 4) is 11.5 Å². The summed E-state index contributed by atoms with van der Waals surface area (Å²) in [4.78, 5) is 0. The van der Waals surface area contributed by atoms with E-state index in [1.54, 1.807) is 7.11 Å². The molecule has 3 nitrogen and oxygen atoms in total. The van der Waals surface area contributed by atoms with Gasteiger partial charge in [0.05, 0.1) is 13.7 Å². The third-order valence-corrected chi connectivity index (χ3v) is 2.90. The molecule has 0 saturated heterocycles. The van der Waals surface area contributed by atoms with E-state index in [1.807, 2.05) is 32.2 Å². The van der Waals surface area contributed by atoms with Gasteiger partial charge in [-0.15, -0.1) is 0 Å². The molecule has 0 aromatic heterocycles. The van der Waals surface area contributed by atoms with Crippen molar-refractivity contribution in [2.75, 3.05) is 27.3 Å². The molecule has 18 heavy (non-hydrogen) atoms. The number of aryl methyl sites for hydroxylation is 1. The fourth-order valence-electron chi connectivity index (χ4n) is 1.83. The van der Waals surface area contributed by atoms with Gasteiger partial charge in [0.25, 0.3) is 0 Å². The summed E-state index contributed by atoms with van der Waals surface area (Å²) < 4.78 is 11.1. The van der Waals surface area contributed by atoms with Gasteiger partial charge in [-0.25, -0.2) is 0 Å². The summed E-state index contributed by atoms with van der Waals surface area (Å²) in [6, 6.07) is 6.03. The molecule has 1 N–H and O–H groups in total. The van der Waals surface area contributed by atoms with Crippen LogP contribution in [-0.4, -0.2) is 27.3 Å². The number of methoxy groups -OCH3 is 1. The molecule has 0 bridgehead atoms. The van der Waals surface area contributed by atoms with Crippen molar-refractivity contribution in [3.05, 3.63) is 23.8 Å². The van der Waals surface area contributed by atoms with Crippen LogP contribution in [0.25, 0.3) is 0 Å².